The monoisotopic (exact) mass is 279 g/mol. The molecule has 1 heterocycles. The largest absolute Gasteiger partial charge is 0.574 e. The van der Waals surface area contributed by atoms with Crippen LogP contribution in [0.2, 0.25) is 0 Å². The Balaban J connectivity index is 3.22. The van der Waals surface area contributed by atoms with Gasteiger partial charge in [-0.2, -0.15) is 0 Å². The van der Waals surface area contributed by atoms with Crippen LogP contribution in [0.1, 0.15) is 23.0 Å². The van der Waals surface area contributed by atoms with Crippen LogP contribution in [-0.2, 0) is 11.3 Å². The van der Waals surface area contributed by atoms with Gasteiger partial charge >= 0.3 is 12.3 Å². The van der Waals surface area contributed by atoms with Crippen LogP contribution in [0.25, 0.3) is 0 Å². The van der Waals surface area contributed by atoms with E-state index in [1.807, 2.05) is 0 Å². The molecule has 4 N–H and O–H groups in total. The highest BCUT2D eigenvalue weighted by molar-refractivity contribution is 5.88. The van der Waals surface area contributed by atoms with Crippen LogP contribution in [-0.4, -0.2) is 23.9 Å². The predicted octanol–water partition coefficient (Wildman–Crippen LogP) is 1.20. The number of carbonyl (C=O) groups is 1. The van der Waals surface area contributed by atoms with Gasteiger partial charge in [-0.1, -0.05) is 0 Å². The van der Waals surface area contributed by atoms with Crippen LogP contribution >= 0.6 is 0 Å². The molecule has 0 bridgehead atoms. The van der Waals surface area contributed by atoms with E-state index >= 15 is 0 Å². The van der Waals surface area contributed by atoms with Crippen LogP contribution in [0.5, 0.6) is 5.88 Å². The first kappa shape index (κ1) is 15.0. The highest BCUT2D eigenvalue weighted by Gasteiger charge is 2.33. The van der Waals surface area contributed by atoms with Gasteiger partial charge in [-0.15, -0.1) is 13.2 Å². The lowest BCUT2D eigenvalue weighted by molar-refractivity contribution is -0.276. The minimum absolute atomic E-state index is 0.0501. The maximum absolute atomic E-state index is 12.2. The second-order valence-electron chi connectivity index (χ2n) is 3.35. The number of nitrogen functional groups attached to an aromatic ring is 1. The average molecular weight is 279 g/mol. The highest BCUT2D eigenvalue weighted by atomic mass is 19.4. The Morgan fingerprint density at radius 1 is 1.47 bits per heavy atom. The lowest BCUT2D eigenvalue weighted by Gasteiger charge is -2.14. The molecule has 0 spiro atoms. The number of rotatable bonds is 4. The standard InChI is InChI=1S/C10H12F3N3O3/c1-2-18-9(17)7-3-6(15)5(4-14)8(16-7)19-10(11,12)13/h3H,2,4,14H2,1H3,(H2,15,16). The maximum Gasteiger partial charge on any atom is 0.574 e. The van der Waals surface area contributed by atoms with Crippen LogP contribution < -0.4 is 16.2 Å². The van der Waals surface area contributed by atoms with Gasteiger partial charge in [-0.25, -0.2) is 9.78 Å². The molecule has 19 heavy (non-hydrogen) atoms. The Morgan fingerprint density at radius 3 is 2.58 bits per heavy atom. The minimum Gasteiger partial charge on any atom is -0.461 e. The zero-order chi connectivity index (χ0) is 14.6. The van der Waals surface area contributed by atoms with Gasteiger partial charge in [0.05, 0.1) is 12.2 Å². The van der Waals surface area contributed by atoms with Crippen molar-refractivity contribution in [2.24, 2.45) is 5.73 Å². The number of carbonyl (C=O) groups excluding carboxylic acids is 1. The Hall–Kier alpha value is -2.03. The SMILES string of the molecule is CCOC(=O)c1cc(N)c(CN)c(OC(F)(F)F)n1. The molecule has 0 unspecified atom stereocenters. The molecule has 106 valence electrons. The van der Waals surface area contributed by atoms with E-state index in [1.165, 1.54) is 0 Å². The van der Waals surface area contributed by atoms with Crippen molar-refractivity contribution in [3.8, 4) is 5.88 Å². The van der Waals surface area contributed by atoms with Crippen molar-refractivity contribution in [1.29, 1.82) is 0 Å². The Kier molecular flexibility index (Phi) is 4.54. The third kappa shape index (κ3) is 3.98. The zero-order valence-electron chi connectivity index (χ0n) is 9.95. The number of aromatic nitrogens is 1. The van der Waals surface area contributed by atoms with Crippen LogP contribution in [0.4, 0.5) is 18.9 Å². The van der Waals surface area contributed by atoms with Crippen LogP contribution in [0, 0.1) is 0 Å². The number of hydrogen-bond donors (Lipinski definition) is 2. The number of alkyl halides is 3. The summed E-state index contributed by atoms with van der Waals surface area (Å²) in [6.07, 6.45) is -4.96. The second-order valence-corrected chi connectivity index (χ2v) is 3.35. The van der Waals surface area contributed by atoms with Gasteiger partial charge in [0.2, 0.25) is 5.88 Å². The van der Waals surface area contributed by atoms with Crippen molar-refractivity contribution in [3.05, 3.63) is 17.3 Å². The molecule has 0 saturated carbocycles. The van der Waals surface area contributed by atoms with Gasteiger partial charge in [0.25, 0.3) is 0 Å². The van der Waals surface area contributed by atoms with Gasteiger partial charge in [0.15, 0.2) is 5.69 Å². The Bertz CT molecular complexity index is 477. The number of hydrogen-bond acceptors (Lipinski definition) is 6. The van der Waals surface area contributed by atoms with Crippen molar-refractivity contribution in [2.75, 3.05) is 12.3 Å². The van der Waals surface area contributed by atoms with Crippen molar-refractivity contribution in [2.45, 2.75) is 19.8 Å². The summed E-state index contributed by atoms with van der Waals surface area (Å²) in [5, 5.41) is 0. The molecule has 0 aliphatic heterocycles. The smallest absolute Gasteiger partial charge is 0.461 e. The number of esters is 1. The second kappa shape index (κ2) is 5.74. The van der Waals surface area contributed by atoms with E-state index in [4.69, 9.17) is 11.5 Å². The van der Waals surface area contributed by atoms with E-state index < -0.39 is 18.2 Å². The molecule has 0 amide bonds. The molecular formula is C10H12F3N3O3. The fraction of sp³-hybridized carbons (Fsp3) is 0.400. The molecule has 0 aromatic carbocycles. The highest BCUT2D eigenvalue weighted by Crippen LogP contribution is 2.28. The van der Waals surface area contributed by atoms with Gasteiger partial charge in [-0.05, 0) is 13.0 Å². The number of ether oxygens (including phenoxy) is 2. The molecule has 1 aromatic rings. The van der Waals surface area contributed by atoms with Gasteiger partial charge in [-0.3, -0.25) is 0 Å². The maximum atomic E-state index is 12.2. The summed E-state index contributed by atoms with van der Waals surface area (Å²) >= 11 is 0. The van der Waals surface area contributed by atoms with Gasteiger partial charge < -0.3 is 20.9 Å². The van der Waals surface area contributed by atoms with Crippen LogP contribution in [0.15, 0.2) is 6.07 Å². The third-order valence-electron chi connectivity index (χ3n) is 2.02. The normalized spacial score (nSPS) is 11.2. The van der Waals surface area contributed by atoms with Crippen LogP contribution in [0.3, 0.4) is 0 Å². The summed E-state index contributed by atoms with van der Waals surface area (Å²) in [4.78, 5) is 14.8. The molecule has 0 fully saturated rings. The van der Waals surface area contributed by atoms with E-state index in [0.29, 0.717) is 0 Å². The fourth-order valence-electron chi connectivity index (χ4n) is 1.28. The number of pyridine rings is 1. The molecule has 6 nitrogen and oxygen atoms in total. The molecule has 1 rings (SSSR count). The lowest BCUT2D eigenvalue weighted by atomic mass is 10.2. The number of halogens is 3. The first-order valence-electron chi connectivity index (χ1n) is 5.20. The van der Waals surface area contributed by atoms with E-state index in [-0.39, 0.29) is 30.1 Å². The first-order chi connectivity index (χ1) is 8.78. The number of anilines is 1. The quantitative estimate of drug-likeness (QED) is 0.803. The van der Waals surface area contributed by atoms with Crippen molar-refractivity contribution >= 4 is 11.7 Å². The molecule has 0 atom stereocenters. The summed E-state index contributed by atoms with van der Waals surface area (Å²) in [5.41, 5.74) is 10.1. The molecule has 0 saturated heterocycles. The molecule has 1 aromatic heterocycles. The molecule has 0 aliphatic rings. The summed E-state index contributed by atoms with van der Waals surface area (Å²) in [7, 11) is 0. The van der Waals surface area contributed by atoms with Gasteiger partial charge in [0, 0.05) is 12.2 Å². The zero-order valence-corrected chi connectivity index (χ0v) is 9.95. The summed E-state index contributed by atoms with van der Waals surface area (Å²) < 4.78 is 44.9. The van der Waals surface area contributed by atoms with E-state index in [2.05, 4.69) is 14.5 Å². The average Bonchev–Trinajstić information content (AvgIpc) is 2.26. The Labute approximate surface area is 106 Å². The molecule has 0 aliphatic carbocycles. The predicted molar refractivity (Wildman–Crippen MR) is 59.2 cm³/mol. The van der Waals surface area contributed by atoms with E-state index in [1.54, 1.807) is 6.92 Å². The molecule has 9 heteroatoms. The Morgan fingerprint density at radius 2 is 2.11 bits per heavy atom. The molecule has 0 radical (unpaired) electrons. The number of nitrogens with zero attached hydrogens (tertiary/aromatic N) is 1. The third-order valence-corrected chi connectivity index (χ3v) is 2.02. The summed E-state index contributed by atoms with van der Waals surface area (Å²) in [5.74, 6) is -1.75. The van der Waals surface area contributed by atoms with Crippen molar-refractivity contribution in [1.82, 2.24) is 4.98 Å². The minimum atomic E-state index is -4.96. The molecular weight excluding hydrogens is 267 g/mol. The van der Waals surface area contributed by atoms with Crippen molar-refractivity contribution < 1.29 is 27.4 Å². The van der Waals surface area contributed by atoms with E-state index in [0.717, 1.165) is 6.07 Å². The van der Waals surface area contributed by atoms with Gasteiger partial charge in [0.1, 0.15) is 0 Å². The number of nitrogens with two attached hydrogens (primary N) is 2. The van der Waals surface area contributed by atoms with E-state index in [9.17, 15) is 18.0 Å². The first-order valence-corrected chi connectivity index (χ1v) is 5.20. The van der Waals surface area contributed by atoms with Crippen molar-refractivity contribution in [3.63, 3.8) is 0 Å². The summed E-state index contributed by atoms with van der Waals surface area (Å²) in [6, 6.07) is 1.09. The lowest BCUT2D eigenvalue weighted by Crippen LogP contribution is -2.21. The summed E-state index contributed by atoms with van der Waals surface area (Å²) in [6.45, 7) is 1.28. The fourth-order valence-corrected chi connectivity index (χ4v) is 1.28. The topological polar surface area (TPSA) is 100 Å².